The van der Waals surface area contributed by atoms with E-state index >= 15 is 0 Å². The van der Waals surface area contributed by atoms with Gasteiger partial charge in [-0.3, -0.25) is 4.79 Å². The molecule has 1 N–H and O–H groups in total. The van der Waals surface area contributed by atoms with Gasteiger partial charge in [0.15, 0.2) is 0 Å². The Morgan fingerprint density at radius 2 is 2.05 bits per heavy atom. The Balaban J connectivity index is 1.84. The van der Waals surface area contributed by atoms with Gasteiger partial charge in [0.25, 0.3) is 0 Å². The van der Waals surface area contributed by atoms with Crippen molar-refractivity contribution < 1.29 is 14.3 Å². The van der Waals surface area contributed by atoms with Crippen molar-refractivity contribution in [3.05, 3.63) is 46.6 Å². The monoisotopic (exact) mass is 294 g/mol. The lowest BCUT2D eigenvalue weighted by Gasteiger charge is -1.97. The average molecular weight is 295 g/mol. The fraction of sp³-hybridized carbons (Fsp3) is 0.357. The number of hydrogen-bond acceptors (Lipinski definition) is 4. The number of aromatic nitrogens is 2. The first-order valence-electron chi connectivity index (χ1n) is 6.41. The van der Waals surface area contributed by atoms with Crippen LogP contribution >= 0.6 is 11.6 Å². The average Bonchev–Trinajstić information content (AvgIpc) is 2.82. The first kappa shape index (κ1) is 14.5. The van der Waals surface area contributed by atoms with Crippen molar-refractivity contribution in [2.24, 2.45) is 0 Å². The molecule has 0 aliphatic rings. The van der Waals surface area contributed by atoms with Crippen LogP contribution in [0, 0.1) is 0 Å². The number of unbranched alkanes of at least 4 members (excludes halogenated alkanes) is 1. The molecule has 106 valence electrons. The minimum atomic E-state index is -0.780. The van der Waals surface area contributed by atoms with Crippen LogP contribution < -0.4 is 0 Å². The maximum absolute atomic E-state index is 10.4. The molecule has 0 spiro atoms. The molecule has 2 rings (SSSR count). The summed E-state index contributed by atoms with van der Waals surface area (Å²) in [6.45, 7) is 0. The third kappa shape index (κ3) is 4.66. The highest BCUT2D eigenvalue weighted by Gasteiger charge is 2.07. The topological polar surface area (TPSA) is 76.2 Å². The molecule has 0 saturated carbocycles. The van der Waals surface area contributed by atoms with Crippen LogP contribution in [-0.4, -0.2) is 21.3 Å². The molecule has 0 unspecified atom stereocenters. The Morgan fingerprint density at radius 1 is 1.25 bits per heavy atom. The predicted octanol–water partition coefficient (Wildman–Crippen LogP) is 3.11. The number of hydrogen-bond donors (Lipinski definition) is 1. The molecule has 5 nitrogen and oxygen atoms in total. The number of carbonyl (C=O) groups is 1. The zero-order valence-corrected chi connectivity index (χ0v) is 11.6. The van der Waals surface area contributed by atoms with Crippen LogP contribution in [0.3, 0.4) is 0 Å². The molecule has 2 aromatic rings. The van der Waals surface area contributed by atoms with E-state index in [1.165, 1.54) is 0 Å². The van der Waals surface area contributed by atoms with Crippen LogP contribution in [0.15, 0.2) is 28.7 Å². The zero-order valence-electron chi connectivity index (χ0n) is 10.9. The number of rotatable bonds is 7. The van der Waals surface area contributed by atoms with Crippen LogP contribution in [0.2, 0.25) is 5.02 Å². The highest BCUT2D eigenvalue weighted by atomic mass is 35.5. The van der Waals surface area contributed by atoms with E-state index in [4.69, 9.17) is 21.1 Å². The molecule has 0 amide bonds. The summed E-state index contributed by atoms with van der Waals surface area (Å²) in [4.78, 5) is 10.4. The molecule has 20 heavy (non-hydrogen) atoms. The number of aryl methyl sites for hydroxylation is 1. The molecule has 0 saturated heterocycles. The fourth-order valence-corrected chi connectivity index (χ4v) is 2.05. The van der Waals surface area contributed by atoms with Crippen molar-refractivity contribution in [3.8, 4) is 0 Å². The Morgan fingerprint density at radius 3 is 2.80 bits per heavy atom. The van der Waals surface area contributed by atoms with Gasteiger partial charge in [-0.15, -0.1) is 10.2 Å². The van der Waals surface area contributed by atoms with Crippen molar-refractivity contribution in [1.29, 1.82) is 0 Å². The summed E-state index contributed by atoms with van der Waals surface area (Å²) in [5.74, 6) is 0.310. The summed E-state index contributed by atoms with van der Waals surface area (Å²) in [7, 11) is 0. The Kier molecular flexibility index (Phi) is 5.12. The normalized spacial score (nSPS) is 10.7. The van der Waals surface area contributed by atoms with Crippen LogP contribution in [-0.2, 0) is 17.6 Å². The summed E-state index contributed by atoms with van der Waals surface area (Å²) in [5, 5.41) is 17.1. The highest BCUT2D eigenvalue weighted by molar-refractivity contribution is 6.30. The van der Waals surface area contributed by atoms with Gasteiger partial charge < -0.3 is 9.52 Å². The van der Waals surface area contributed by atoms with Crippen LogP contribution in [0.4, 0.5) is 0 Å². The van der Waals surface area contributed by atoms with Crippen molar-refractivity contribution in [2.45, 2.75) is 32.1 Å². The van der Waals surface area contributed by atoms with Gasteiger partial charge in [-0.25, -0.2) is 0 Å². The van der Waals surface area contributed by atoms with Crippen molar-refractivity contribution in [3.63, 3.8) is 0 Å². The van der Waals surface area contributed by atoms with E-state index in [-0.39, 0.29) is 6.42 Å². The second-order valence-electron chi connectivity index (χ2n) is 4.50. The lowest BCUT2D eigenvalue weighted by Crippen LogP contribution is -1.95. The summed E-state index contributed by atoms with van der Waals surface area (Å²) in [5.41, 5.74) is 1.01. The molecule has 6 heteroatoms. The van der Waals surface area contributed by atoms with Crippen molar-refractivity contribution in [2.75, 3.05) is 0 Å². The van der Waals surface area contributed by atoms with E-state index in [1.807, 2.05) is 24.3 Å². The van der Waals surface area contributed by atoms with E-state index in [1.54, 1.807) is 0 Å². The van der Waals surface area contributed by atoms with E-state index < -0.39 is 5.97 Å². The highest BCUT2D eigenvalue weighted by Crippen LogP contribution is 2.14. The molecule has 1 aromatic carbocycles. The number of aliphatic carboxylic acids is 1. The summed E-state index contributed by atoms with van der Waals surface area (Å²) >= 11 is 5.91. The van der Waals surface area contributed by atoms with Gasteiger partial charge in [-0.2, -0.15) is 0 Å². The number of carboxylic acid groups (broad SMARTS) is 1. The molecule has 1 heterocycles. The first-order valence-corrected chi connectivity index (χ1v) is 6.79. The summed E-state index contributed by atoms with van der Waals surface area (Å²) < 4.78 is 5.52. The maximum atomic E-state index is 10.4. The summed E-state index contributed by atoms with van der Waals surface area (Å²) in [6, 6.07) is 7.49. The largest absolute Gasteiger partial charge is 0.481 e. The van der Waals surface area contributed by atoms with E-state index in [9.17, 15) is 4.79 Å². The maximum Gasteiger partial charge on any atom is 0.303 e. The van der Waals surface area contributed by atoms with E-state index in [2.05, 4.69) is 10.2 Å². The van der Waals surface area contributed by atoms with Gasteiger partial charge in [0.1, 0.15) is 0 Å². The van der Waals surface area contributed by atoms with Crippen LogP contribution in [0.5, 0.6) is 0 Å². The zero-order chi connectivity index (χ0) is 14.4. The molecule has 0 fully saturated rings. The second kappa shape index (κ2) is 7.05. The van der Waals surface area contributed by atoms with Gasteiger partial charge in [0, 0.05) is 17.9 Å². The molecule has 0 bridgehead atoms. The van der Waals surface area contributed by atoms with Crippen molar-refractivity contribution >= 4 is 17.6 Å². The van der Waals surface area contributed by atoms with Crippen molar-refractivity contribution in [1.82, 2.24) is 10.2 Å². The lowest BCUT2D eigenvalue weighted by atomic mass is 10.1. The first-order chi connectivity index (χ1) is 9.63. The Bertz CT molecular complexity index is 583. The lowest BCUT2D eigenvalue weighted by molar-refractivity contribution is -0.137. The van der Waals surface area contributed by atoms with Gasteiger partial charge in [0.05, 0.1) is 6.42 Å². The molecule has 0 aliphatic carbocycles. The predicted molar refractivity (Wildman–Crippen MR) is 73.7 cm³/mol. The molecule has 0 aliphatic heterocycles. The molecular formula is C14H15ClN2O3. The van der Waals surface area contributed by atoms with E-state index in [0.29, 0.717) is 36.1 Å². The SMILES string of the molecule is O=C(O)CCCCc1nnc(Cc2cccc(Cl)c2)o1. The number of halogens is 1. The minimum Gasteiger partial charge on any atom is -0.481 e. The van der Waals surface area contributed by atoms with E-state index in [0.717, 1.165) is 12.0 Å². The molecule has 0 radical (unpaired) electrons. The number of carboxylic acids is 1. The van der Waals surface area contributed by atoms with Gasteiger partial charge in [-0.05, 0) is 30.5 Å². The number of nitrogens with zero attached hydrogens (tertiary/aromatic N) is 2. The van der Waals surface area contributed by atoms with Crippen LogP contribution in [0.1, 0.15) is 36.6 Å². The third-order valence-electron chi connectivity index (χ3n) is 2.78. The Hall–Kier alpha value is -1.88. The molecule has 0 atom stereocenters. The molecule has 1 aromatic heterocycles. The van der Waals surface area contributed by atoms with Crippen LogP contribution in [0.25, 0.3) is 0 Å². The number of benzene rings is 1. The van der Waals surface area contributed by atoms with Gasteiger partial charge >= 0.3 is 5.97 Å². The third-order valence-corrected chi connectivity index (χ3v) is 3.02. The van der Waals surface area contributed by atoms with Gasteiger partial charge in [-0.1, -0.05) is 23.7 Å². The summed E-state index contributed by atoms with van der Waals surface area (Å²) in [6.07, 6.45) is 2.66. The molecular weight excluding hydrogens is 280 g/mol. The smallest absolute Gasteiger partial charge is 0.303 e. The standard InChI is InChI=1S/C14H15ClN2O3/c15-11-5-3-4-10(8-11)9-13-17-16-12(20-13)6-1-2-7-14(18)19/h3-5,8H,1-2,6-7,9H2,(H,18,19). The van der Waals surface area contributed by atoms with Gasteiger partial charge in [0.2, 0.25) is 11.8 Å². The second-order valence-corrected chi connectivity index (χ2v) is 4.93. The fourth-order valence-electron chi connectivity index (χ4n) is 1.83. The quantitative estimate of drug-likeness (QED) is 0.794. The minimum absolute atomic E-state index is 0.170. The Labute approximate surface area is 121 Å².